The topological polar surface area (TPSA) is 87.4 Å². The summed E-state index contributed by atoms with van der Waals surface area (Å²) in [6.45, 7) is 10.4. The first-order valence-corrected chi connectivity index (χ1v) is 11.0. The number of hydrogen-bond donors (Lipinski definition) is 1. The molecule has 0 radical (unpaired) electrons. The maximum atomic E-state index is 12.7. The molecule has 0 bridgehead atoms. The Morgan fingerprint density at radius 2 is 2.03 bits per heavy atom. The van der Waals surface area contributed by atoms with Crippen LogP contribution in [0.2, 0.25) is 0 Å². The van der Waals surface area contributed by atoms with E-state index < -0.39 is 11.7 Å². The molecule has 3 aromatic rings. The summed E-state index contributed by atoms with van der Waals surface area (Å²) in [4.78, 5) is 24.4. The van der Waals surface area contributed by atoms with E-state index in [0.29, 0.717) is 29.5 Å². The fourth-order valence-corrected chi connectivity index (χ4v) is 4.17. The van der Waals surface area contributed by atoms with Gasteiger partial charge in [-0.15, -0.1) is 0 Å². The summed E-state index contributed by atoms with van der Waals surface area (Å²) >= 11 is 0. The van der Waals surface area contributed by atoms with Gasteiger partial charge in [-0.3, -0.25) is 14.0 Å². The third-order valence-corrected chi connectivity index (χ3v) is 5.49. The molecule has 1 atom stereocenters. The Bertz CT molecular complexity index is 1170. The molecule has 1 aliphatic carbocycles. The Morgan fingerprint density at radius 3 is 2.72 bits per heavy atom. The molecule has 8 heteroatoms. The number of aryl methyl sites for hydroxylation is 1. The van der Waals surface area contributed by atoms with Gasteiger partial charge in [-0.05, 0) is 64.3 Å². The smallest absolute Gasteiger partial charge is 0.419 e. The quantitative estimate of drug-likeness (QED) is 0.638. The van der Waals surface area contributed by atoms with Crippen LogP contribution in [0.15, 0.2) is 30.6 Å². The Kier molecular flexibility index (Phi) is 5.71. The SMILES string of the molecule is CCn1ncc2c1CC(COc1ccc3c(c1)c(NC(C)=O)cn3C(=O)OC(C)(C)C)C2. The molecule has 4 rings (SSSR count). The molecule has 2 heterocycles. The average molecular weight is 439 g/mol. The van der Waals surface area contributed by atoms with Gasteiger partial charge in [-0.1, -0.05) is 0 Å². The second-order valence-corrected chi connectivity index (χ2v) is 9.27. The first-order chi connectivity index (χ1) is 15.1. The Hall–Kier alpha value is -3.29. The Morgan fingerprint density at radius 1 is 1.25 bits per heavy atom. The summed E-state index contributed by atoms with van der Waals surface area (Å²) in [5.74, 6) is 0.880. The second-order valence-electron chi connectivity index (χ2n) is 9.27. The number of anilines is 1. The zero-order valence-electron chi connectivity index (χ0n) is 19.3. The van der Waals surface area contributed by atoms with E-state index in [1.165, 1.54) is 22.7 Å². The van der Waals surface area contributed by atoms with Gasteiger partial charge < -0.3 is 14.8 Å². The van der Waals surface area contributed by atoms with Crippen molar-refractivity contribution >= 4 is 28.6 Å². The Balaban J connectivity index is 1.54. The minimum absolute atomic E-state index is 0.215. The van der Waals surface area contributed by atoms with Crippen molar-refractivity contribution in [1.82, 2.24) is 14.3 Å². The van der Waals surface area contributed by atoms with Gasteiger partial charge in [0.15, 0.2) is 0 Å². The minimum Gasteiger partial charge on any atom is -0.493 e. The summed E-state index contributed by atoms with van der Waals surface area (Å²) < 4.78 is 15.1. The zero-order chi connectivity index (χ0) is 23.0. The lowest BCUT2D eigenvalue weighted by molar-refractivity contribution is -0.114. The van der Waals surface area contributed by atoms with Crippen LogP contribution in [0, 0.1) is 5.92 Å². The number of amides is 1. The molecule has 1 aromatic carbocycles. The molecular weight excluding hydrogens is 408 g/mol. The minimum atomic E-state index is -0.626. The molecule has 0 saturated carbocycles. The number of aromatic nitrogens is 3. The molecule has 0 spiro atoms. The average Bonchev–Trinajstić information content (AvgIpc) is 3.37. The number of benzene rings is 1. The lowest BCUT2D eigenvalue weighted by atomic mass is 10.1. The largest absolute Gasteiger partial charge is 0.493 e. The van der Waals surface area contributed by atoms with Crippen LogP contribution in [-0.2, 0) is 28.9 Å². The van der Waals surface area contributed by atoms with Crippen LogP contribution in [-0.4, -0.2) is 38.6 Å². The van der Waals surface area contributed by atoms with Crippen LogP contribution in [0.5, 0.6) is 5.75 Å². The monoisotopic (exact) mass is 438 g/mol. The van der Waals surface area contributed by atoms with Gasteiger partial charge in [0.25, 0.3) is 0 Å². The zero-order valence-corrected chi connectivity index (χ0v) is 19.3. The molecule has 1 amide bonds. The van der Waals surface area contributed by atoms with E-state index in [1.807, 2.05) is 45.2 Å². The normalized spacial score (nSPS) is 15.6. The lowest BCUT2D eigenvalue weighted by Gasteiger charge is -2.19. The highest BCUT2D eigenvalue weighted by atomic mass is 16.6. The van der Waals surface area contributed by atoms with Gasteiger partial charge >= 0.3 is 6.09 Å². The number of carbonyl (C=O) groups excluding carboxylic acids is 2. The van der Waals surface area contributed by atoms with Crippen molar-refractivity contribution in [3.05, 3.63) is 41.9 Å². The van der Waals surface area contributed by atoms with E-state index in [2.05, 4.69) is 22.0 Å². The summed E-state index contributed by atoms with van der Waals surface area (Å²) in [6, 6.07) is 5.52. The lowest BCUT2D eigenvalue weighted by Crippen LogP contribution is -2.26. The fraction of sp³-hybridized carbons (Fsp3) is 0.458. The van der Waals surface area contributed by atoms with Crippen molar-refractivity contribution < 1.29 is 19.1 Å². The third kappa shape index (κ3) is 4.49. The van der Waals surface area contributed by atoms with Crippen LogP contribution in [0.4, 0.5) is 10.5 Å². The van der Waals surface area contributed by atoms with E-state index in [4.69, 9.17) is 9.47 Å². The number of fused-ring (bicyclic) bond motifs is 2. The number of hydrogen-bond acceptors (Lipinski definition) is 5. The molecule has 32 heavy (non-hydrogen) atoms. The highest BCUT2D eigenvalue weighted by Crippen LogP contribution is 2.32. The van der Waals surface area contributed by atoms with Crippen LogP contribution < -0.4 is 10.1 Å². The summed E-state index contributed by atoms with van der Waals surface area (Å²) in [6.07, 6.45) is 4.97. The van der Waals surface area contributed by atoms with Crippen molar-refractivity contribution in [1.29, 1.82) is 0 Å². The maximum Gasteiger partial charge on any atom is 0.419 e. The Labute approximate surface area is 187 Å². The molecular formula is C24H30N4O4. The summed E-state index contributed by atoms with van der Waals surface area (Å²) in [7, 11) is 0. The second kappa shape index (κ2) is 8.33. The van der Waals surface area contributed by atoms with E-state index in [-0.39, 0.29) is 5.91 Å². The number of nitrogens with zero attached hydrogens (tertiary/aromatic N) is 3. The van der Waals surface area contributed by atoms with Crippen molar-refractivity contribution in [3.63, 3.8) is 0 Å². The van der Waals surface area contributed by atoms with Crippen LogP contribution in [0.3, 0.4) is 0 Å². The van der Waals surface area contributed by atoms with Gasteiger partial charge in [0.1, 0.15) is 11.4 Å². The molecule has 0 fully saturated rings. The van der Waals surface area contributed by atoms with E-state index in [0.717, 1.165) is 24.8 Å². The summed E-state index contributed by atoms with van der Waals surface area (Å²) in [5.41, 5.74) is 3.17. The fourth-order valence-electron chi connectivity index (χ4n) is 4.17. The number of rotatable bonds is 5. The number of carbonyl (C=O) groups is 2. The molecule has 8 nitrogen and oxygen atoms in total. The number of nitrogens with one attached hydrogen (secondary N) is 1. The summed E-state index contributed by atoms with van der Waals surface area (Å²) in [5, 5.41) is 7.94. The first-order valence-electron chi connectivity index (χ1n) is 11.0. The van der Waals surface area contributed by atoms with Crippen molar-refractivity contribution in [2.24, 2.45) is 5.92 Å². The predicted molar refractivity (Wildman–Crippen MR) is 122 cm³/mol. The first kappa shape index (κ1) is 21.9. The highest BCUT2D eigenvalue weighted by Gasteiger charge is 2.26. The van der Waals surface area contributed by atoms with Gasteiger partial charge in [0, 0.05) is 36.7 Å². The van der Waals surface area contributed by atoms with Crippen LogP contribution in [0.25, 0.3) is 10.9 Å². The maximum absolute atomic E-state index is 12.7. The van der Waals surface area contributed by atoms with E-state index in [9.17, 15) is 9.59 Å². The van der Waals surface area contributed by atoms with E-state index in [1.54, 1.807) is 6.20 Å². The highest BCUT2D eigenvalue weighted by molar-refractivity contribution is 6.04. The molecule has 1 unspecified atom stereocenters. The molecule has 1 N–H and O–H groups in total. The van der Waals surface area contributed by atoms with Gasteiger partial charge in [-0.2, -0.15) is 5.10 Å². The molecule has 170 valence electrons. The van der Waals surface area contributed by atoms with Gasteiger partial charge in [0.2, 0.25) is 5.91 Å². The van der Waals surface area contributed by atoms with Crippen molar-refractivity contribution in [2.75, 3.05) is 11.9 Å². The van der Waals surface area contributed by atoms with Gasteiger partial charge in [0.05, 0.1) is 24.0 Å². The third-order valence-electron chi connectivity index (χ3n) is 5.49. The van der Waals surface area contributed by atoms with Crippen molar-refractivity contribution in [2.45, 2.75) is 59.6 Å². The predicted octanol–water partition coefficient (Wildman–Crippen LogP) is 4.39. The molecule has 0 aliphatic heterocycles. The van der Waals surface area contributed by atoms with E-state index >= 15 is 0 Å². The molecule has 0 saturated heterocycles. The van der Waals surface area contributed by atoms with Crippen LogP contribution in [0.1, 0.15) is 45.9 Å². The molecule has 2 aromatic heterocycles. The molecule has 1 aliphatic rings. The van der Waals surface area contributed by atoms with Crippen molar-refractivity contribution in [3.8, 4) is 5.75 Å². The van der Waals surface area contributed by atoms with Gasteiger partial charge in [-0.25, -0.2) is 4.79 Å². The van der Waals surface area contributed by atoms with Crippen LogP contribution >= 0.6 is 0 Å². The number of ether oxygens (including phenoxy) is 2. The standard InChI is InChI=1S/C24H30N4O4/c1-6-28-22-10-16(9-17(22)12-25-28)14-31-18-7-8-21-19(11-18)20(26-15(2)29)13-27(21)23(30)32-24(3,4)5/h7-8,11-13,16H,6,9-10,14H2,1-5H3,(H,26,29).